The summed E-state index contributed by atoms with van der Waals surface area (Å²) in [6, 6.07) is 9.52. The summed E-state index contributed by atoms with van der Waals surface area (Å²) >= 11 is 3.52. The van der Waals surface area contributed by atoms with Crippen LogP contribution < -0.4 is 16.1 Å². The Bertz CT molecular complexity index is 1190. The van der Waals surface area contributed by atoms with Crippen LogP contribution in [-0.2, 0) is 9.53 Å². The number of nitrogens with zero attached hydrogens (tertiary/aromatic N) is 2. The molecule has 4 rings (SSSR count). The van der Waals surface area contributed by atoms with Gasteiger partial charge in [-0.1, -0.05) is 28.1 Å². The Morgan fingerprint density at radius 1 is 1.23 bits per heavy atom. The second kappa shape index (κ2) is 9.43. The zero-order valence-corrected chi connectivity index (χ0v) is 22.7. The number of carbonyl (C=O) groups is 2. The maximum atomic E-state index is 13.1. The Kier molecular flexibility index (Phi) is 6.85. The molecule has 188 valence electrons. The van der Waals surface area contributed by atoms with Gasteiger partial charge in [0.2, 0.25) is 0 Å². The van der Waals surface area contributed by atoms with Gasteiger partial charge in [0.15, 0.2) is 0 Å². The molecular weight excluding hydrogens is 510 g/mol. The molecule has 3 N–H and O–H groups in total. The Labute approximate surface area is 215 Å². The summed E-state index contributed by atoms with van der Waals surface area (Å²) in [5, 5.41) is 8.99. The third kappa shape index (κ3) is 5.46. The highest BCUT2D eigenvalue weighted by Gasteiger charge is 2.54. The van der Waals surface area contributed by atoms with Crippen LogP contribution in [0.5, 0.6) is 0 Å². The average Bonchev–Trinajstić information content (AvgIpc) is 3.30. The summed E-state index contributed by atoms with van der Waals surface area (Å²) in [6.07, 6.45) is 1.16. The molecule has 2 unspecified atom stereocenters. The van der Waals surface area contributed by atoms with Gasteiger partial charge in [-0.3, -0.25) is 14.8 Å². The quantitative estimate of drug-likeness (QED) is 0.505. The van der Waals surface area contributed by atoms with E-state index in [1.54, 1.807) is 32.7 Å². The number of fused-ring (bicyclic) bond motifs is 1. The molecule has 35 heavy (non-hydrogen) atoms. The van der Waals surface area contributed by atoms with Crippen molar-refractivity contribution in [2.24, 2.45) is 0 Å². The van der Waals surface area contributed by atoms with Crippen molar-refractivity contribution in [1.29, 1.82) is 0 Å². The number of rotatable bonds is 5. The minimum atomic E-state index is -0.706. The zero-order valence-electron chi connectivity index (χ0n) is 21.2. The molecule has 8 nitrogen and oxygen atoms in total. The van der Waals surface area contributed by atoms with Crippen LogP contribution in [0.25, 0.3) is 10.9 Å². The fraction of sp³-hybridized carbons (Fsp3) is 0.500. The van der Waals surface area contributed by atoms with Gasteiger partial charge in [-0.15, -0.1) is 0 Å². The van der Waals surface area contributed by atoms with E-state index in [0.29, 0.717) is 6.54 Å². The third-order valence-corrected chi connectivity index (χ3v) is 6.98. The normalized spacial score (nSPS) is 21.6. The predicted octanol–water partition coefficient (Wildman–Crippen LogP) is 4.71. The van der Waals surface area contributed by atoms with Crippen molar-refractivity contribution in [3.8, 4) is 0 Å². The number of nitrogens with one attached hydrogen (secondary N) is 3. The van der Waals surface area contributed by atoms with Gasteiger partial charge < -0.3 is 15.4 Å². The molecule has 9 heteroatoms. The van der Waals surface area contributed by atoms with Gasteiger partial charge in [0.1, 0.15) is 11.6 Å². The molecule has 2 heterocycles. The van der Waals surface area contributed by atoms with Crippen LogP contribution in [0.3, 0.4) is 0 Å². The molecule has 3 atom stereocenters. The number of carbonyl (C=O) groups excluding carboxylic acids is 2. The zero-order chi connectivity index (χ0) is 25.5. The van der Waals surface area contributed by atoms with Crippen LogP contribution in [0.2, 0.25) is 0 Å². The number of amides is 2. The number of ether oxygens (including phenoxy) is 1. The van der Waals surface area contributed by atoms with Crippen LogP contribution >= 0.6 is 15.9 Å². The lowest BCUT2D eigenvalue weighted by atomic mass is 10.0. The molecule has 1 aliphatic heterocycles. The fourth-order valence-corrected chi connectivity index (χ4v) is 4.92. The SMILES string of the molecule is CC1=C(N[C@H](C)c2ccc3ccc(Br)cc3n2)C12CCCN(C(=O)C(C)NC(=O)OC(C)(C)C)N2. The maximum Gasteiger partial charge on any atom is 0.408 e. The molecule has 1 saturated heterocycles. The van der Waals surface area contributed by atoms with Gasteiger partial charge in [-0.05, 0) is 78.2 Å². The van der Waals surface area contributed by atoms with Crippen molar-refractivity contribution in [2.75, 3.05) is 6.54 Å². The summed E-state index contributed by atoms with van der Waals surface area (Å²) in [5.74, 6) is -0.191. The number of benzene rings is 1. The Morgan fingerprint density at radius 3 is 2.66 bits per heavy atom. The first-order chi connectivity index (χ1) is 16.4. The summed E-state index contributed by atoms with van der Waals surface area (Å²) < 4.78 is 6.29. The van der Waals surface area contributed by atoms with Crippen LogP contribution in [0.4, 0.5) is 4.79 Å². The first-order valence-electron chi connectivity index (χ1n) is 12.0. The number of aromatic nitrogens is 1. The first-order valence-corrected chi connectivity index (χ1v) is 12.8. The molecular formula is C26H34BrN5O3. The average molecular weight is 544 g/mol. The van der Waals surface area contributed by atoms with Crippen LogP contribution in [0.15, 0.2) is 46.1 Å². The topological polar surface area (TPSA) is 95.6 Å². The first kappa shape index (κ1) is 25.4. The predicted molar refractivity (Wildman–Crippen MR) is 139 cm³/mol. The lowest BCUT2D eigenvalue weighted by molar-refractivity contribution is -0.139. The molecule has 2 amide bonds. The molecule has 0 bridgehead atoms. The van der Waals surface area contributed by atoms with Crippen molar-refractivity contribution in [3.63, 3.8) is 0 Å². The number of pyridine rings is 1. The van der Waals surface area contributed by atoms with E-state index in [0.717, 1.165) is 39.6 Å². The molecule has 1 aromatic carbocycles. The van der Waals surface area contributed by atoms with Crippen LogP contribution in [0.1, 0.15) is 66.1 Å². The van der Waals surface area contributed by atoms with Gasteiger partial charge in [0.25, 0.3) is 5.91 Å². The standard InChI is InChI=1S/C26H34BrN5O3/c1-15-22(28-16(2)20-11-9-18-8-10-19(27)14-21(18)30-20)26(15)12-7-13-32(31-26)23(33)17(3)29-24(34)35-25(4,5)6/h8-11,14,16-17,28,31H,7,12-13H2,1-6H3,(H,29,34)/t16-,17?,26?/m1/s1. The summed E-state index contributed by atoms with van der Waals surface area (Å²) in [5.41, 5.74) is 6.65. The van der Waals surface area contributed by atoms with E-state index in [-0.39, 0.29) is 17.5 Å². The monoisotopic (exact) mass is 543 g/mol. The highest BCUT2D eigenvalue weighted by atomic mass is 79.9. The van der Waals surface area contributed by atoms with Gasteiger partial charge in [0.05, 0.1) is 22.8 Å². The second-order valence-corrected chi connectivity index (χ2v) is 11.3. The summed E-state index contributed by atoms with van der Waals surface area (Å²) in [6.45, 7) is 11.8. The molecule has 1 spiro atoms. The number of alkyl carbamates (subject to hydrolysis) is 1. The molecule has 2 aliphatic rings. The highest BCUT2D eigenvalue weighted by molar-refractivity contribution is 9.10. The molecule has 0 saturated carbocycles. The number of halogens is 1. The van der Waals surface area contributed by atoms with Crippen molar-refractivity contribution in [2.45, 2.75) is 77.6 Å². The summed E-state index contributed by atoms with van der Waals surface area (Å²) in [4.78, 5) is 30.0. The smallest absolute Gasteiger partial charge is 0.408 e. The number of hydrazine groups is 1. The molecule has 1 aliphatic carbocycles. The number of hydrogen-bond acceptors (Lipinski definition) is 6. The minimum absolute atomic E-state index is 0.00310. The van der Waals surface area contributed by atoms with Crippen molar-refractivity contribution >= 4 is 38.8 Å². The largest absolute Gasteiger partial charge is 0.444 e. The molecule has 1 aromatic heterocycles. The summed E-state index contributed by atoms with van der Waals surface area (Å²) in [7, 11) is 0. The van der Waals surface area contributed by atoms with Crippen LogP contribution in [-0.4, -0.2) is 45.7 Å². The molecule has 2 aromatic rings. The van der Waals surface area contributed by atoms with Crippen molar-refractivity contribution in [1.82, 2.24) is 26.1 Å². The lowest BCUT2D eigenvalue weighted by Gasteiger charge is -2.37. The van der Waals surface area contributed by atoms with E-state index < -0.39 is 17.7 Å². The fourth-order valence-electron chi connectivity index (χ4n) is 4.57. The Morgan fingerprint density at radius 2 is 1.94 bits per heavy atom. The molecule has 0 radical (unpaired) electrons. The lowest BCUT2D eigenvalue weighted by Crippen LogP contribution is -2.60. The highest BCUT2D eigenvalue weighted by Crippen LogP contribution is 2.48. The van der Waals surface area contributed by atoms with E-state index in [1.165, 1.54) is 5.57 Å². The van der Waals surface area contributed by atoms with Gasteiger partial charge in [0, 0.05) is 22.1 Å². The maximum absolute atomic E-state index is 13.1. The van der Waals surface area contributed by atoms with Gasteiger partial charge in [-0.2, -0.15) is 0 Å². The second-order valence-electron chi connectivity index (χ2n) is 10.4. The van der Waals surface area contributed by atoms with E-state index in [2.05, 4.69) is 51.9 Å². The van der Waals surface area contributed by atoms with E-state index in [9.17, 15) is 9.59 Å². The molecule has 1 fully saturated rings. The van der Waals surface area contributed by atoms with E-state index in [1.807, 2.05) is 24.3 Å². The minimum Gasteiger partial charge on any atom is -0.444 e. The Hall–Kier alpha value is -2.65. The van der Waals surface area contributed by atoms with Crippen molar-refractivity contribution in [3.05, 3.63) is 51.8 Å². The van der Waals surface area contributed by atoms with Crippen molar-refractivity contribution < 1.29 is 14.3 Å². The van der Waals surface area contributed by atoms with Crippen LogP contribution in [0, 0.1) is 0 Å². The number of hydrogen-bond donors (Lipinski definition) is 3. The van der Waals surface area contributed by atoms with E-state index >= 15 is 0 Å². The third-order valence-electron chi connectivity index (χ3n) is 6.49. The van der Waals surface area contributed by atoms with Gasteiger partial charge >= 0.3 is 6.09 Å². The van der Waals surface area contributed by atoms with E-state index in [4.69, 9.17) is 9.72 Å². The Balaban J connectivity index is 1.39. The van der Waals surface area contributed by atoms with Gasteiger partial charge in [-0.25, -0.2) is 10.2 Å².